The van der Waals surface area contributed by atoms with E-state index in [0.29, 0.717) is 13.1 Å². The zero-order valence-electron chi connectivity index (χ0n) is 8.49. The van der Waals surface area contributed by atoms with Crippen LogP contribution in [-0.4, -0.2) is 42.2 Å². The van der Waals surface area contributed by atoms with Crippen molar-refractivity contribution < 1.29 is 9.90 Å². The molecule has 0 aliphatic heterocycles. The lowest BCUT2D eigenvalue weighted by Crippen LogP contribution is -2.33. The molecule has 0 saturated carbocycles. The predicted octanol–water partition coefficient (Wildman–Crippen LogP) is 0.378. The Bertz CT molecular complexity index is 151. The fraction of sp³-hybridized carbons (Fsp3) is 0.889. The van der Waals surface area contributed by atoms with E-state index in [9.17, 15) is 4.79 Å². The molecule has 13 heavy (non-hydrogen) atoms. The summed E-state index contributed by atoms with van der Waals surface area (Å²) in [6.45, 7) is 6.82. The highest BCUT2D eigenvalue weighted by Crippen LogP contribution is 2.00. The van der Waals surface area contributed by atoms with Gasteiger partial charge >= 0.3 is 5.97 Å². The zero-order valence-corrected chi connectivity index (χ0v) is 8.49. The molecule has 1 unspecified atom stereocenters. The Kier molecular flexibility index (Phi) is 6.54. The molecule has 0 aromatic rings. The molecule has 4 heteroatoms. The van der Waals surface area contributed by atoms with E-state index < -0.39 is 5.97 Å². The molecular formula is C9H20N2O2. The Hall–Kier alpha value is -0.610. The maximum Gasteiger partial charge on any atom is 0.307 e. The lowest BCUT2D eigenvalue weighted by molar-refractivity contribution is -0.141. The first-order valence-corrected chi connectivity index (χ1v) is 4.77. The molecule has 0 aliphatic rings. The van der Waals surface area contributed by atoms with Crippen LogP contribution in [0.25, 0.3) is 0 Å². The molecule has 0 spiro atoms. The van der Waals surface area contributed by atoms with Crippen molar-refractivity contribution in [2.75, 3.05) is 26.2 Å². The van der Waals surface area contributed by atoms with Crippen molar-refractivity contribution in [1.29, 1.82) is 0 Å². The second kappa shape index (κ2) is 6.86. The first kappa shape index (κ1) is 12.4. The van der Waals surface area contributed by atoms with E-state index in [1.807, 2.05) is 6.92 Å². The fourth-order valence-electron chi connectivity index (χ4n) is 1.16. The molecule has 0 aromatic carbocycles. The van der Waals surface area contributed by atoms with Crippen LogP contribution in [-0.2, 0) is 4.79 Å². The van der Waals surface area contributed by atoms with Gasteiger partial charge < -0.3 is 15.7 Å². The molecule has 0 amide bonds. The van der Waals surface area contributed by atoms with E-state index in [1.54, 1.807) is 6.92 Å². The number of nitrogens with two attached hydrogens (primary N) is 1. The maximum atomic E-state index is 10.6. The normalized spacial score (nSPS) is 13.2. The predicted molar refractivity (Wildman–Crippen MR) is 52.6 cm³/mol. The molecular weight excluding hydrogens is 168 g/mol. The van der Waals surface area contributed by atoms with Crippen molar-refractivity contribution >= 4 is 5.97 Å². The fourth-order valence-corrected chi connectivity index (χ4v) is 1.16. The van der Waals surface area contributed by atoms with E-state index in [-0.39, 0.29) is 5.92 Å². The van der Waals surface area contributed by atoms with Gasteiger partial charge in [0.05, 0.1) is 5.92 Å². The Morgan fingerprint density at radius 3 is 2.62 bits per heavy atom. The van der Waals surface area contributed by atoms with Crippen LogP contribution in [0, 0.1) is 5.92 Å². The highest BCUT2D eigenvalue weighted by atomic mass is 16.4. The summed E-state index contributed by atoms with van der Waals surface area (Å²) >= 11 is 0. The number of carbonyl (C=O) groups is 1. The van der Waals surface area contributed by atoms with E-state index in [2.05, 4.69) is 4.90 Å². The van der Waals surface area contributed by atoms with E-state index in [4.69, 9.17) is 10.8 Å². The van der Waals surface area contributed by atoms with Gasteiger partial charge in [0.1, 0.15) is 0 Å². The molecule has 78 valence electrons. The van der Waals surface area contributed by atoms with Gasteiger partial charge in [-0.2, -0.15) is 0 Å². The van der Waals surface area contributed by atoms with Crippen LogP contribution in [0.15, 0.2) is 0 Å². The molecule has 0 saturated heterocycles. The number of hydrogen-bond acceptors (Lipinski definition) is 3. The molecule has 0 rings (SSSR count). The van der Waals surface area contributed by atoms with Crippen molar-refractivity contribution in [3.63, 3.8) is 0 Å². The third kappa shape index (κ3) is 5.60. The third-order valence-corrected chi connectivity index (χ3v) is 2.08. The number of hydrogen-bond donors (Lipinski definition) is 2. The largest absolute Gasteiger partial charge is 0.481 e. The number of nitrogens with zero attached hydrogens (tertiary/aromatic N) is 1. The molecule has 0 heterocycles. The minimum Gasteiger partial charge on any atom is -0.481 e. The van der Waals surface area contributed by atoms with E-state index in [1.165, 1.54) is 0 Å². The number of aliphatic carboxylic acids is 1. The van der Waals surface area contributed by atoms with Gasteiger partial charge in [-0.05, 0) is 26.1 Å². The third-order valence-electron chi connectivity index (χ3n) is 2.08. The number of rotatable bonds is 7. The monoisotopic (exact) mass is 188 g/mol. The van der Waals surface area contributed by atoms with Gasteiger partial charge in [0.25, 0.3) is 0 Å². The summed E-state index contributed by atoms with van der Waals surface area (Å²) in [7, 11) is 0. The first-order valence-electron chi connectivity index (χ1n) is 4.77. The molecule has 0 aromatic heterocycles. The van der Waals surface area contributed by atoms with Gasteiger partial charge in [-0.25, -0.2) is 0 Å². The topological polar surface area (TPSA) is 66.6 Å². The summed E-state index contributed by atoms with van der Waals surface area (Å²) in [5, 5.41) is 8.70. The average Bonchev–Trinajstić information content (AvgIpc) is 2.11. The van der Waals surface area contributed by atoms with Crippen molar-refractivity contribution in [2.45, 2.75) is 20.3 Å². The van der Waals surface area contributed by atoms with Gasteiger partial charge in [-0.15, -0.1) is 0 Å². The second-order valence-electron chi connectivity index (χ2n) is 3.27. The Labute approximate surface area is 79.7 Å². The zero-order chi connectivity index (χ0) is 10.3. The molecule has 3 N–H and O–H groups in total. The standard InChI is InChI=1S/C9H20N2O2/c1-3-11(6-4-5-10)7-8(2)9(12)13/h8H,3-7,10H2,1-2H3,(H,12,13). The molecule has 0 fully saturated rings. The van der Waals surface area contributed by atoms with Gasteiger partial charge in [0, 0.05) is 6.54 Å². The Morgan fingerprint density at radius 2 is 2.23 bits per heavy atom. The van der Waals surface area contributed by atoms with Crippen LogP contribution in [0.5, 0.6) is 0 Å². The molecule has 4 nitrogen and oxygen atoms in total. The van der Waals surface area contributed by atoms with Crippen LogP contribution >= 0.6 is 0 Å². The lowest BCUT2D eigenvalue weighted by Gasteiger charge is -2.21. The van der Waals surface area contributed by atoms with E-state index >= 15 is 0 Å². The number of carboxylic acids is 1. The molecule has 0 radical (unpaired) electrons. The Balaban J connectivity index is 3.75. The van der Waals surface area contributed by atoms with Crippen LogP contribution < -0.4 is 5.73 Å². The SMILES string of the molecule is CCN(CCCN)CC(C)C(=O)O. The van der Waals surface area contributed by atoms with Crippen LogP contribution in [0.4, 0.5) is 0 Å². The highest BCUT2D eigenvalue weighted by Gasteiger charge is 2.14. The molecule has 0 bridgehead atoms. The molecule has 0 aliphatic carbocycles. The minimum atomic E-state index is -0.730. The van der Waals surface area contributed by atoms with Crippen molar-refractivity contribution in [3.8, 4) is 0 Å². The summed E-state index contributed by atoms with van der Waals surface area (Å²) in [5.74, 6) is -1.02. The summed E-state index contributed by atoms with van der Waals surface area (Å²) in [5.41, 5.74) is 5.38. The second-order valence-corrected chi connectivity index (χ2v) is 3.27. The van der Waals surface area contributed by atoms with Crippen molar-refractivity contribution in [2.24, 2.45) is 11.7 Å². The van der Waals surface area contributed by atoms with Crippen molar-refractivity contribution in [1.82, 2.24) is 4.90 Å². The van der Waals surface area contributed by atoms with Gasteiger partial charge in [-0.3, -0.25) is 4.79 Å². The quantitative estimate of drug-likeness (QED) is 0.606. The van der Waals surface area contributed by atoms with Crippen molar-refractivity contribution in [3.05, 3.63) is 0 Å². The summed E-state index contributed by atoms with van der Waals surface area (Å²) in [6.07, 6.45) is 0.931. The highest BCUT2D eigenvalue weighted by molar-refractivity contribution is 5.69. The average molecular weight is 188 g/mol. The summed E-state index contributed by atoms with van der Waals surface area (Å²) < 4.78 is 0. The van der Waals surface area contributed by atoms with Gasteiger partial charge in [0.15, 0.2) is 0 Å². The van der Waals surface area contributed by atoms with Crippen LogP contribution in [0.2, 0.25) is 0 Å². The number of carboxylic acid groups (broad SMARTS) is 1. The summed E-state index contributed by atoms with van der Waals surface area (Å²) in [6, 6.07) is 0. The summed E-state index contributed by atoms with van der Waals surface area (Å²) in [4.78, 5) is 12.7. The first-order chi connectivity index (χ1) is 6.11. The van der Waals surface area contributed by atoms with Gasteiger partial charge in [0.2, 0.25) is 0 Å². The van der Waals surface area contributed by atoms with Crippen LogP contribution in [0.3, 0.4) is 0 Å². The van der Waals surface area contributed by atoms with E-state index in [0.717, 1.165) is 19.5 Å². The van der Waals surface area contributed by atoms with Crippen LogP contribution in [0.1, 0.15) is 20.3 Å². The Morgan fingerprint density at radius 1 is 1.62 bits per heavy atom. The smallest absolute Gasteiger partial charge is 0.307 e. The van der Waals surface area contributed by atoms with Gasteiger partial charge in [-0.1, -0.05) is 13.8 Å². The molecule has 1 atom stereocenters. The minimum absolute atomic E-state index is 0.294. The lowest BCUT2D eigenvalue weighted by atomic mass is 10.1. The maximum absolute atomic E-state index is 10.6.